The topological polar surface area (TPSA) is 35.9 Å². The van der Waals surface area contributed by atoms with Crippen LogP contribution in [0.2, 0.25) is 0 Å². The summed E-state index contributed by atoms with van der Waals surface area (Å²) in [5, 5.41) is 6.31. The Morgan fingerprint density at radius 2 is 1.97 bits per heavy atom. The number of hydrogen-bond acceptors (Lipinski definition) is 3. The minimum Gasteiger partial charge on any atom is -0.292 e. The third-order valence-corrected chi connectivity index (χ3v) is 6.06. The molecule has 0 bridgehead atoms. The largest absolute Gasteiger partial charge is 0.292 e. The summed E-state index contributed by atoms with van der Waals surface area (Å²) in [6, 6.07) is 14.8. The number of rotatable bonds is 4. The monoisotopic (exact) mass is 393 g/mol. The van der Waals surface area contributed by atoms with Crippen LogP contribution in [-0.2, 0) is 4.79 Å². The van der Waals surface area contributed by atoms with Gasteiger partial charge in [0.1, 0.15) is 5.82 Å². The second-order valence-corrected chi connectivity index (χ2v) is 8.24. The van der Waals surface area contributed by atoms with E-state index in [9.17, 15) is 9.18 Å². The van der Waals surface area contributed by atoms with Gasteiger partial charge in [-0.05, 0) is 56.5 Å². The predicted molar refractivity (Wildman–Crippen MR) is 113 cm³/mol. The van der Waals surface area contributed by atoms with Crippen LogP contribution in [0.25, 0.3) is 0 Å². The summed E-state index contributed by atoms with van der Waals surface area (Å²) < 4.78 is 13.9. The maximum atomic E-state index is 13.9. The fraction of sp³-hybridized carbons (Fsp3) is 0.417. The lowest BCUT2D eigenvalue weighted by molar-refractivity contribution is -0.135. The van der Waals surface area contributed by atoms with Crippen LogP contribution < -0.4 is 0 Å². The smallest absolute Gasteiger partial charge is 0.257 e. The van der Waals surface area contributed by atoms with Crippen molar-refractivity contribution in [3.05, 3.63) is 71.0 Å². The first-order chi connectivity index (χ1) is 14.0. The molecule has 2 aliphatic rings. The lowest BCUT2D eigenvalue weighted by Crippen LogP contribution is -2.44. The SMILES string of the molecule is Cc1ccc(C2=NN(C(=O)CN3CCCC[C@@H]3C)[C@H](c3cccc(F)c3)C2)cc1. The van der Waals surface area contributed by atoms with Gasteiger partial charge in [-0.25, -0.2) is 9.40 Å². The van der Waals surface area contributed by atoms with Gasteiger partial charge < -0.3 is 0 Å². The number of amides is 1. The molecule has 152 valence electrons. The highest BCUT2D eigenvalue weighted by atomic mass is 19.1. The highest BCUT2D eigenvalue weighted by molar-refractivity contribution is 6.03. The Kier molecular flexibility index (Phi) is 5.76. The third kappa shape index (κ3) is 4.40. The molecule has 2 aromatic carbocycles. The molecule has 0 saturated carbocycles. The number of hydrogen-bond donors (Lipinski definition) is 0. The Morgan fingerprint density at radius 3 is 2.69 bits per heavy atom. The lowest BCUT2D eigenvalue weighted by atomic mass is 9.98. The highest BCUT2D eigenvalue weighted by Gasteiger charge is 2.34. The molecule has 2 heterocycles. The van der Waals surface area contributed by atoms with Gasteiger partial charge in [0.05, 0.1) is 18.3 Å². The molecule has 2 aliphatic heterocycles. The zero-order chi connectivity index (χ0) is 20.4. The number of aryl methyl sites for hydroxylation is 1. The van der Waals surface area contributed by atoms with E-state index in [0.29, 0.717) is 19.0 Å². The Bertz CT molecular complexity index is 909. The molecular weight excluding hydrogens is 365 g/mol. The number of likely N-dealkylation sites (tertiary alicyclic amines) is 1. The molecule has 2 aromatic rings. The van der Waals surface area contributed by atoms with Crippen molar-refractivity contribution in [3.63, 3.8) is 0 Å². The van der Waals surface area contributed by atoms with Crippen LogP contribution in [0.5, 0.6) is 0 Å². The van der Waals surface area contributed by atoms with Crippen molar-refractivity contribution >= 4 is 11.6 Å². The molecular formula is C24H28FN3O. The second-order valence-electron chi connectivity index (χ2n) is 8.24. The molecule has 0 unspecified atom stereocenters. The number of benzene rings is 2. The van der Waals surface area contributed by atoms with Gasteiger partial charge >= 0.3 is 0 Å². The van der Waals surface area contributed by atoms with Crippen LogP contribution in [0, 0.1) is 12.7 Å². The first kappa shape index (κ1) is 19.8. The van der Waals surface area contributed by atoms with Gasteiger partial charge in [-0.1, -0.05) is 48.4 Å². The Morgan fingerprint density at radius 1 is 1.17 bits per heavy atom. The Labute approximate surface area is 172 Å². The molecule has 0 spiro atoms. The average molecular weight is 394 g/mol. The molecule has 2 atom stereocenters. The standard InChI is InChI=1S/C24H28FN3O/c1-17-9-11-19(12-10-17)22-15-23(20-7-5-8-21(25)14-20)28(26-22)24(29)16-27-13-4-3-6-18(27)2/h5,7-12,14,18,23H,3-4,6,13,15-16H2,1-2H3/t18-,23-/m0/s1. The molecule has 0 aromatic heterocycles. The fourth-order valence-corrected chi connectivity index (χ4v) is 4.27. The van der Waals surface area contributed by atoms with Crippen molar-refractivity contribution in [2.45, 2.75) is 51.6 Å². The Balaban J connectivity index is 1.61. The van der Waals surface area contributed by atoms with Crippen LogP contribution in [-0.4, -0.2) is 40.7 Å². The first-order valence-electron chi connectivity index (χ1n) is 10.5. The number of carbonyl (C=O) groups excluding carboxylic acids is 1. The van der Waals surface area contributed by atoms with E-state index in [-0.39, 0.29) is 17.8 Å². The zero-order valence-electron chi connectivity index (χ0n) is 17.1. The van der Waals surface area contributed by atoms with Crippen molar-refractivity contribution in [2.75, 3.05) is 13.1 Å². The number of halogens is 1. The highest BCUT2D eigenvalue weighted by Crippen LogP contribution is 2.33. The van der Waals surface area contributed by atoms with E-state index in [4.69, 9.17) is 5.10 Å². The average Bonchev–Trinajstić information content (AvgIpc) is 3.16. The first-order valence-corrected chi connectivity index (χ1v) is 10.5. The molecule has 0 aliphatic carbocycles. The summed E-state index contributed by atoms with van der Waals surface area (Å²) in [6.07, 6.45) is 4.06. The predicted octanol–water partition coefficient (Wildman–Crippen LogP) is 4.69. The molecule has 29 heavy (non-hydrogen) atoms. The maximum Gasteiger partial charge on any atom is 0.257 e. The fourth-order valence-electron chi connectivity index (χ4n) is 4.27. The molecule has 4 rings (SSSR count). The van der Waals surface area contributed by atoms with E-state index in [2.05, 4.69) is 24.0 Å². The lowest BCUT2D eigenvalue weighted by Gasteiger charge is -2.34. The third-order valence-electron chi connectivity index (χ3n) is 6.06. The van der Waals surface area contributed by atoms with E-state index in [0.717, 1.165) is 36.2 Å². The van der Waals surface area contributed by atoms with E-state index in [1.165, 1.54) is 24.1 Å². The summed E-state index contributed by atoms with van der Waals surface area (Å²) in [6.45, 7) is 5.53. The number of piperidine rings is 1. The van der Waals surface area contributed by atoms with Gasteiger partial charge in [-0.15, -0.1) is 0 Å². The van der Waals surface area contributed by atoms with Gasteiger partial charge in [0.15, 0.2) is 0 Å². The van der Waals surface area contributed by atoms with Gasteiger partial charge in [0.2, 0.25) is 0 Å². The second kappa shape index (κ2) is 8.46. The van der Waals surface area contributed by atoms with Crippen LogP contribution in [0.3, 0.4) is 0 Å². The quantitative estimate of drug-likeness (QED) is 0.756. The summed E-state index contributed by atoms with van der Waals surface area (Å²) in [5.74, 6) is -0.307. The zero-order valence-corrected chi connectivity index (χ0v) is 17.1. The van der Waals surface area contributed by atoms with Crippen molar-refractivity contribution in [1.29, 1.82) is 0 Å². The molecule has 0 radical (unpaired) electrons. The van der Waals surface area contributed by atoms with Crippen molar-refractivity contribution < 1.29 is 9.18 Å². The summed E-state index contributed by atoms with van der Waals surface area (Å²) in [7, 11) is 0. The molecule has 0 N–H and O–H groups in total. The summed E-state index contributed by atoms with van der Waals surface area (Å²) >= 11 is 0. The van der Waals surface area contributed by atoms with Gasteiger partial charge in [-0.2, -0.15) is 5.10 Å². The maximum absolute atomic E-state index is 13.9. The normalized spacial score (nSPS) is 22.6. The summed E-state index contributed by atoms with van der Waals surface area (Å²) in [4.78, 5) is 15.5. The number of hydrazone groups is 1. The number of nitrogens with zero attached hydrogens (tertiary/aromatic N) is 3. The Hall–Kier alpha value is -2.53. The van der Waals surface area contributed by atoms with Crippen LogP contribution in [0.15, 0.2) is 53.6 Å². The van der Waals surface area contributed by atoms with E-state index >= 15 is 0 Å². The van der Waals surface area contributed by atoms with E-state index in [1.54, 1.807) is 11.1 Å². The van der Waals surface area contributed by atoms with E-state index in [1.807, 2.05) is 25.1 Å². The molecule has 5 heteroatoms. The number of carbonyl (C=O) groups is 1. The minimum atomic E-state index is -0.289. The summed E-state index contributed by atoms with van der Waals surface area (Å²) in [5.41, 5.74) is 3.86. The molecule has 1 saturated heterocycles. The van der Waals surface area contributed by atoms with Gasteiger partial charge in [0, 0.05) is 12.5 Å². The van der Waals surface area contributed by atoms with Crippen LogP contribution in [0.1, 0.15) is 55.3 Å². The van der Waals surface area contributed by atoms with Gasteiger partial charge in [-0.3, -0.25) is 9.69 Å². The van der Waals surface area contributed by atoms with E-state index < -0.39 is 0 Å². The van der Waals surface area contributed by atoms with Crippen molar-refractivity contribution in [2.24, 2.45) is 5.10 Å². The van der Waals surface area contributed by atoms with Crippen molar-refractivity contribution in [3.8, 4) is 0 Å². The minimum absolute atomic E-state index is 0.0184. The van der Waals surface area contributed by atoms with Crippen LogP contribution >= 0.6 is 0 Å². The van der Waals surface area contributed by atoms with Crippen LogP contribution in [0.4, 0.5) is 4.39 Å². The van der Waals surface area contributed by atoms with Gasteiger partial charge in [0.25, 0.3) is 5.91 Å². The van der Waals surface area contributed by atoms with Crippen molar-refractivity contribution in [1.82, 2.24) is 9.91 Å². The molecule has 1 amide bonds. The molecule has 4 nitrogen and oxygen atoms in total. The molecule has 1 fully saturated rings.